The van der Waals surface area contributed by atoms with E-state index in [-0.39, 0.29) is 40.0 Å². The Bertz CT molecular complexity index is 428. The minimum absolute atomic E-state index is 0. The number of hydrogen-bond acceptors (Lipinski definition) is 1. The van der Waals surface area contributed by atoms with Crippen LogP contribution in [0.3, 0.4) is 0 Å². The summed E-state index contributed by atoms with van der Waals surface area (Å²) in [5.74, 6) is 1.74. The fourth-order valence-corrected chi connectivity index (χ4v) is 1.55. The standard InChI is InChI=1S/C15H15O.BrH.Mg/c1-2-6-13-9-11-15(12-10-13)16-14-7-4-3-5-8-14;;/h3-5,7-12H,1-2,6H2;1H;/q-1;;+2/p-1. The number of hydrogen-bond donors (Lipinski definition) is 0. The summed E-state index contributed by atoms with van der Waals surface area (Å²) in [6.45, 7) is 3.84. The second kappa shape index (κ2) is 9.42. The van der Waals surface area contributed by atoms with Crippen LogP contribution in [-0.2, 0) is 6.42 Å². The van der Waals surface area contributed by atoms with Crippen LogP contribution in [0.4, 0.5) is 0 Å². The summed E-state index contributed by atoms with van der Waals surface area (Å²) in [6, 6.07) is 18.0. The molecule has 2 aromatic carbocycles. The van der Waals surface area contributed by atoms with Gasteiger partial charge in [-0.05, 0) is 24.3 Å². The molecule has 0 fully saturated rings. The largest absolute Gasteiger partial charge is 2.00 e. The molecule has 0 saturated heterocycles. The Kier molecular flexibility index (Phi) is 9.15. The predicted molar refractivity (Wildman–Crippen MR) is 72.4 cm³/mol. The van der Waals surface area contributed by atoms with E-state index in [1.807, 2.05) is 42.5 Å². The number of halogens is 1. The van der Waals surface area contributed by atoms with Crippen molar-refractivity contribution in [3.8, 4) is 11.5 Å². The molecule has 0 spiro atoms. The summed E-state index contributed by atoms with van der Waals surface area (Å²) in [7, 11) is 0. The van der Waals surface area contributed by atoms with Crippen molar-refractivity contribution in [1.82, 2.24) is 0 Å². The quantitative estimate of drug-likeness (QED) is 0.601. The zero-order valence-corrected chi connectivity index (χ0v) is 13.3. The third-order valence-corrected chi connectivity index (χ3v) is 2.37. The van der Waals surface area contributed by atoms with E-state index >= 15 is 0 Å². The number of rotatable bonds is 4. The maximum Gasteiger partial charge on any atom is 2.00 e. The summed E-state index contributed by atoms with van der Waals surface area (Å²) in [4.78, 5) is 0. The molecule has 0 radical (unpaired) electrons. The van der Waals surface area contributed by atoms with Crippen molar-refractivity contribution in [2.24, 2.45) is 0 Å². The maximum atomic E-state index is 5.70. The van der Waals surface area contributed by atoms with Crippen molar-refractivity contribution in [2.45, 2.75) is 12.8 Å². The Labute approximate surface area is 135 Å². The van der Waals surface area contributed by atoms with Crippen molar-refractivity contribution in [3.05, 3.63) is 67.1 Å². The van der Waals surface area contributed by atoms with Gasteiger partial charge in [0.05, 0.1) is 0 Å². The fourth-order valence-electron chi connectivity index (χ4n) is 1.55. The Hall–Kier alpha value is -0.514. The molecule has 0 unspecified atom stereocenters. The molecule has 0 saturated carbocycles. The first-order valence-corrected chi connectivity index (χ1v) is 5.49. The predicted octanol–water partition coefficient (Wildman–Crippen LogP) is 0.869. The van der Waals surface area contributed by atoms with Gasteiger partial charge in [-0.3, -0.25) is 0 Å². The first-order valence-electron chi connectivity index (χ1n) is 5.49. The summed E-state index contributed by atoms with van der Waals surface area (Å²) in [5, 5.41) is 0. The molecule has 0 atom stereocenters. The van der Waals surface area contributed by atoms with Crippen LogP contribution in [-0.4, -0.2) is 23.1 Å². The molecule has 0 amide bonds. The third-order valence-electron chi connectivity index (χ3n) is 2.37. The van der Waals surface area contributed by atoms with Crippen LogP contribution < -0.4 is 21.7 Å². The van der Waals surface area contributed by atoms with E-state index < -0.39 is 0 Å². The fraction of sp³-hybridized carbons (Fsp3) is 0.133. The second-order valence-electron chi connectivity index (χ2n) is 3.66. The average Bonchev–Trinajstić information content (AvgIpc) is 2.33. The minimum atomic E-state index is 0. The number of benzene rings is 2. The molecular formula is C15H15BrMgO. The molecule has 0 N–H and O–H groups in total. The molecule has 0 bridgehead atoms. The van der Waals surface area contributed by atoms with Gasteiger partial charge in [0.2, 0.25) is 0 Å². The number of para-hydroxylation sites is 1. The van der Waals surface area contributed by atoms with Gasteiger partial charge in [0.15, 0.2) is 0 Å². The molecule has 1 nitrogen and oxygen atoms in total. The Morgan fingerprint density at radius 3 is 1.94 bits per heavy atom. The van der Waals surface area contributed by atoms with Gasteiger partial charge in [0.1, 0.15) is 11.5 Å². The molecule has 18 heavy (non-hydrogen) atoms. The first-order chi connectivity index (χ1) is 7.88. The van der Waals surface area contributed by atoms with E-state index in [2.05, 4.69) is 19.1 Å². The minimum Gasteiger partial charge on any atom is -1.00 e. The smallest absolute Gasteiger partial charge is 1.00 e. The van der Waals surface area contributed by atoms with Gasteiger partial charge < -0.3 is 28.6 Å². The molecule has 3 heteroatoms. The normalized spacial score (nSPS) is 8.94. The van der Waals surface area contributed by atoms with E-state index in [1.54, 1.807) is 0 Å². The Morgan fingerprint density at radius 2 is 1.39 bits per heavy atom. The van der Waals surface area contributed by atoms with Gasteiger partial charge in [-0.25, -0.2) is 0 Å². The maximum absolute atomic E-state index is 5.70. The molecule has 0 heterocycles. The van der Waals surface area contributed by atoms with Crippen LogP contribution >= 0.6 is 0 Å². The number of aryl methyl sites for hydroxylation is 1. The van der Waals surface area contributed by atoms with Crippen LogP contribution in [0.5, 0.6) is 11.5 Å². The molecule has 0 aliphatic carbocycles. The van der Waals surface area contributed by atoms with Crippen molar-refractivity contribution < 1.29 is 21.7 Å². The second-order valence-corrected chi connectivity index (χ2v) is 3.66. The molecule has 0 aromatic heterocycles. The van der Waals surface area contributed by atoms with Crippen molar-refractivity contribution in [2.75, 3.05) is 0 Å². The zero-order valence-electron chi connectivity index (χ0n) is 10.3. The van der Waals surface area contributed by atoms with E-state index in [9.17, 15) is 0 Å². The van der Waals surface area contributed by atoms with E-state index in [0.29, 0.717) is 0 Å². The zero-order chi connectivity index (χ0) is 11.2. The van der Waals surface area contributed by atoms with Gasteiger partial charge >= 0.3 is 23.1 Å². The van der Waals surface area contributed by atoms with Gasteiger partial charge in [-0.15, -0.1) is 0 Å². The topological polar surface area (TPSA) is 9.23 Å². The molecule has 2 rings (SSSR count). The van der Waals surface area contributed by atoms with Crippen LogP contribution in [0.15, 0.2) is 54.6 Å². The van der Waals surface area contributed by atoms with Gasteiger partial charge in [-0.2, -0.15) is 6.42 Å². The van der Waals surface area contributed by atoms with E-state index in [4.69, 9.17) is 4.74 Å². The van der Waals surface area contributed by atoms with Crippen LogP contribution in [0, 0.1) is 6.92 Å². The molecule has 90 valence electrons. The average molecular weight is 315 g/mol. The molecule has 2 aromatic rings. The molecule has 0 aliphatic heterocycles. The van der Waals surface area contributed by atoms with E-state index in [0.717, 1.165) is 24.3 Å². The van der Waals surface area contributed by atoms with Crippen molar-refractivity contribution in [1.29, 1.82) is 0 Å². The van der Waals surface area contributed by atoms with Crippen LogP contribution in [0.2, 0.25) is 0 Å². The summed E-state index contributed by atoms with van der Waals surface area (Å²) in [6.07, 6.45) is 1.95. The number of ether oxygens (including phenoxy) is 1. The summed E-state index contributed by atoms with van der Waals surface area (Å²) >= 11 is 0. The van der Waals surface area contributed by atoms with E-state index in [1.165, 1.54) is 5.56 Å². The van der Waals surface area contributed by atoms with Crippen molar-refractivity contribution >= 4 is 23.1 Å². The van der Waals surface area contributed by atoms with Gasteiger partial charge in [0.25, 0.3) is 0 Å². The van der Waals surface area contributed by atoms with Crippen LogP contribution in [0.1, 0.15) is 12.0 Å². The molecular weight excluding hydrogens is 300 g/mol. The SMILES string of the molecule is [Br-].[CH2-]CCc1ccc(Oc2ccccc2)cc1.[Mg+2]. The van der Waals surface area contributed by atoms with Gasteiger partial charge in [0, 0.05) is 0 Å². The van der Waals surface area contributed by atoms with Crippen LogP contribution in [0.25, 0.3) is 0 Å². The third kappa shape index (κ3) is 5.42. The van der Waals surface area contributed by atoms with Gasteiger partial charge in [-0.1, -0.05) is 42.3 Å². The Morgan fingerprint density at radius 1 is 0.833 bits per heavy atom. The first kappa shape index (κ1) is 17.5. The van der Waals surface area contributed by atoms with Crippen molar-refractivity contribution in [3.63, 3.8) is 0 Å². The molecule has 0 aliphatic rings. The summed E-state index contributed by atoms with van der Waals surface area (Å²) in [5.41, 5.74) is 1.30. The Balaban J connectivity index is 0.00000144. The summed E-state index contributed by atoms with van der Waals surface area (Å²) < 4.78 is 5.70. The monoisotopic (exact) mass is 314 g/mol.